The minimum Gasteiger partial charge on any atom is -0.493 e. The molecule has 0 atom stereocenters. The number of thioether (sulfide) groups is 1. The zero-order valence-electron chi connectivity index (χ0n) is 12.7. The maximum absolute atomic E-state index is 5.98. The summed E-state index contributed by atoms with van der Waals surface area (Å²) in [5.74, 6) is 1.62. The lowest BCUT2D eigenvalue weighted by Gasteiger charge is -2.07. The van der Waals surface area contributed by atoms with Gasteiger partial charge in [0.15, 0.2) is 5.17 Å². The number of rotatable bonds is 5. The van der Waals surface area contributed by atoms with Gasteiger partial charge >= 0.3 is 0 Å². The molecule has 0 aliphatic carbocycles. The fraction of sp³-hybridized carbons (Fsp3) is 0.235. The van der Waals surface area contributed by atoms with Crippen molar-refractivity contribution in [1.29, 1.82) is 0 Å². The van der Waals surface area contributed by atoms with Crippen LogP contribution in [0.1, 0.15) is 11.1 Å². The highest BCUT2D eigenvalue weighted by Gasteiger charge is 2.00. The molecule has 3 nitrogen and oxygen atoms in total. The smallest absolute Gasteiger partial charge is 0.159 e. The zero-order valence-corrected chi connectivity index (χ0v) is 15.1. The van der Waals surface area contributed by atoms with Crippen LogP contribution in [0, 0.1) is 13.8 Å². The molecule has 0 saturated heterocycles. The first-order valence-corrected chi connectivity index (χ1v) is 8.75. The van der Waals surface area contributed by atoms with E-state index in [0.29, 0.717) is 11.8 Å². The normalized spacial score (nSPS) is 11.5. The number of aryl methyl sites for hydroxylation is 2. The third-order valence-corrected chi connectivity index (χ3v) is 4.30. The van der Waals surface area contributed by atoms with Crippen molar-refractivity contribution in [2.45, 2.75) is 13.8 Å². The number of hydrogen-bond donors (Lipinski definition) is 1. The summed E-state index contributed by atoms with van der Waals surface area (Å²) >= 11 is 4.90. The number of halogens is 1. The molecule has 0 fully saturated rings. The van der Waals surface area contributed by atoms with Gasteiger partial charge in [-0.2, -0.15) is 0 Å². The molecule has 0 heterocycles. The molecule has 0 aliphatic rings. The first-order chi connectivity index (χ1) is 10.5. The summed E-state index contributed by atoms with van der Waals surface area (Å²) in [6.45, 7) is 4.68. The lowest BCUT2D eigenvalue weighted by Crippen LogP contribution is -2.10. The van der Waals surface area contributed by atoms with Gasteiger partial charge in [0.2, 0.25) is 0 Å². The SMILES string of the molecule is Cc1ccc(C)c(N=C(N)SCCOc2ccc(Br)cc2)c1. The molecule has 0 amide bonds. The van der Waals surface area contributed by atoms with Crippen molar-refractivity contribution in [2.24, 2.45) is 10.7 Å². The van der Waals surface area contributed by atoms with Crippen molar-refractivity contribution < 1.29 is 4.74 Å². The van der Waals surface area contributed by atoms with E-state index in [4.69, 9.17) is 10.5 Å². The Morgan fingerprint density at radius 3 is 2.64 bits per heavy atom. The van der Waals surface area contributed by atoms with Gasteiger partial charge in [0.1, 0.15) is 5.75 Å². The van der Waals surface area contributed by atoms with Crippen molar-refractivity contribution in [2.75, 3.05) is 12.4 Å². The number of benzene rings is 2. The standard InChI is InChI=1S/C17H19BrN2OS/c1-12-3-4-13(2)16(11-12)20-17(19)22-10-9-21-15-7-5-14(18)6-8-15/h3-8,11H,9-10H2,1-2H3,(H2,19,20). The average Bonchev–Trinajstić information content (AvgIpc) is 2.49. The predicted molar refractivity (Wildman–Crippen MR) is 99.3 cm³/mol. The monoisotopic (exact) mass is 378 g/mol. The minimum absolute atomic E-state index is 0.563. The Morgan fingerprint density at radius 2 is 1.91 bits per heavy atom. The van der Waals surface area contributed by atoms with Gasteiger partial charge in [0, 0.05) is 10.2 Å². The third-order valence-electron chi connectivity index (χ3n) is 3.01. The van der Waals surface area contributed by atoms with Crippen molar-refractivity contribution in [3.63, 3.8) is 0 Å². The zero-order chi connectivity index (χ0) is 15.9. The first-order valence-electron chi connectivity index (χ1n) is 6.97. The van der Waals surface area contributed by atoms with Gasteiger partial charge in [-0.3, -0.25) is 0 Å². The van der Waals surface area contributed by atoms with Crippen molar-refractivity contribution in [1.82, 2.24) is 0 Å². The Bertz CT molecular complexity index is 656. The van der Waals surface area contributed by atoms with Crippen LogP contribution < -0.4 is 10.5 Å². The average molecular weight is 379 g/mol. The molecule has 0 saturated carbocycles. The van der Waals surface area contributed by atoms with E-state index in [-0.39, 0.29) is 0 Å². The topological polar surface area (TPSA) is 47.6 Å². The molecule has 2 aromatic carbocycles. The molecular weight excluding hydrogens is 360 g/mol. The largest absolute Gasteiger partial charge is 0.493 e. The van der Waals surface area contributed by atoms with E-state index >= 15 is 0 Å². The van der Waals surface area contributed by atoms with Crippen LogP contribution in [-0.4, -0.2) is 17.5 Å². The van der Waals surface area contributed by atoms with E-state index in [1.807, 2.05) is 44.2 Å². The van der Waals surface area contributed by atoms with Crippen molar-refractivity contribution >= 4 is 38.5 Å². The van der Waals surface area contributed by atoms with Crippen LogP contribution in [-0.2, 0) is 0 Å². The highest BCUT2D eigenvalue weighted by atomic mass is 79.9. The van der Waals surface area contributed by atoms with E-state index in [1.54, 1.807) is 0 Å². The van der Waals surface area contributed by atoms with Crippen molar-refractivity contribution in [3.8, 4) is 5.75 Å². The molecule has 0 unspecified atom stereocenters. The van der Waals surface area contributed by atoms with Gasteiger partial charge in [-0.1, -0.05) is 39.8 Å². The van der Waals surface area contributed by atoms with Gasteiger partial charge in [0.25, 0.3) is 0 Å². The van der Waals surface area contributed by atoms with Crippen LogP contribution >= 0.6 is 27.7 Å². The number of ether oxygens (including phenoxy) is 1. The summed E-state index contributed by atoms with van der Waals surface area (Å²) in [6, 6.07) is 14.0. The van der Waals surface area contributed by atoms with E-state index in [1.165, 1.54) is 17.3 Å². The van der Waals surface area contributed by atoms with E-state index in [9.17, 15) is 0 Å². The molecule has 22 heavy (non-hydrogen) atoms. The Morgan fingerprint density at radius 1 is 1.18 bits per heavy atom. The second-order valence-corrected chi connectivity index (χ2v) is 6.92. The van der Waals surface area contributed by atoms with E-state index in [0.717, 1.165) is 27.2 Å². The van der Waals surface area contributed by atoms with Crippen LogP contribution in [0.15, 0.2) is 51.9 Å². The van der Waals surface area contributed by atoms with Gasteiger partial charge in [0.05, 0.1) is 12.3 Å². The molecule has 0 radical (unpaired) electrons. The minimum atomic E-state index is 0.563. The number of nitrogens with zero attached hydrogens (tertiary/aromatic N) is 1. The summed E-state index contributed by atoms with van der Waals surface area (Å²) < 4.78 is 6.69. The molecule has 116 valence electrons. The molecule has 0 spiro atoms. The number of amidine groups is 1. The quantitative estimate of drug-likeness (QED) is 0.460. The van der Waals surface area contributed by atoms with Crippen LogP contribution in [0.4, 0.5) is 5.69 Å². The summed E-state index contributed by atoms with van der Waals surface area (Å²) in [6.07, 6.45) is 0. The van der Waals surface area contributed by atoms with Crippen LogP contribution in [0.3, 0.4) is 0 Å². The Balaban J connectivity index is 1.82. The maximum Gasteiger partial charge on any atom is 0.159 e. The third kappa shape index (κ3) is 5.39. The summed E-state index contributed by atoms with van der Waals surface area (Å²) in [5, 5.41) is 0.563. The van der Waals surface area contributed by atoms with E-state index < -0.39 is 0 Å². The molecule has 2 N–H and O–H groups in total. The number of hydrogen-bond acceptors (Lipinski definition) is 3. The van der Waals surface area contributed by atoms with Gasteiger partial charge in [-0.05, 0) is 55.3 Å². The number of aliphatic imine (C=N–C) groups is 1. The molecule has 0 aromatic heterocycles. The molecule has 0 aliphatic heterocycles. The first kappa shape index (κ1) is 16.9. The second-order valence-electron chi connectivity index (χ2n) is 4.89. The fourth-order valence-electron chi connectivity index (χ4n) is 1.83. The van der Waals surface area contributed by atoms with Crippen LogP contribution in [0.5, 0.6) is 5.75 Å². The highest BCUT2D eigenvalue weighted by Crippen LogP contribution is 2.21. The molecular formula is C17H19BrN2OS. The number of nitrogens with two attached hydrogens (primary N) is 1. The van der Waals surface area contributed by atoms with Gasteiger partial charge < -0.3 is 10.5 Å². The van der Waals surface area contributed by atoms with Crippen LogP contribution in [0.25, 0.3) is 0 Å². The molecule has 2 aromatic rings. The summed E-state index contributed by atoms with van der Waals surface area (Å²) in [7, 11) is 0. The lowest BCUT2D eigenvalue weighted by molar-refractivity contribution is 0.344. The maximum atomic E-state index is 5.98. The molecule has 5 heteroatoms. The summed E-state index contributed by atoms with van der Waals surface area (Å²) in [4.78, 5) is 4.47. The molecule has 0 bridgehead atoms. The van der Waals surface area contributed by atoms with Gasteiger partial charge in [-0.15, -0.1) is 0 Å². The Hall–Kier alpha value is -1.46. The van der Waals surface area contributed by atoms with Crippen molar-refractivity contribution in [3.05, 3.63) is 58.1 Å². The Kier molecular flexibility index (Phi) is 6.34. The summed E-state index contributed by atoms with van der Waals surface area (Å²) in [5.41, 5.74) is 9.21. The Labute approximate surface area is 144 Å². The van der Waals surface area contributed by atoms with E-state index in [2.05, 4.69) is 33.1 Å². The van der Waals surface area contributed by atoms with Crippen LogP contribution in [0.2, 0.25) is 0 Å². The highest BCUT2D eigenvalue weighted by molar-refractivity contribution is 9.10. The fourth-order valence-corrected chi connectivity index (χ4v) is 2.63. The predicted octanol–water partition coefficient (Wildman–Crippen LogP) is 4.82. The van der Waals surface area contributed by atoms with Gasteiger partial charge in [-0.25, -0.2) is 4.99 Å². The lowest BCUT2D eigenvalue weighted by atomic mass is 10.1. The molecule has 2 rings (SSSR count). The second kappa shape index (κ2) is 8.25.